The van der Waals surface area contributed by atoms with E-state index in [1.54, 1.807) is 18.3 Å². The molecular weight excluding hydrogens is 416 g/mol. The smallest absolute Gasteiger partial charge is 0.276 e. The maximum Gasteiger partial charge on any atom is 0.276 e. The number of hydrogen-bond acceptors (Lipinski definition) is 6. The Labute approximate surface area is 192 Å². The average molecular weight is 445 g/mol. The molecule has 4 heterocycles. The number of rotatable bonds is 6. The van der Waals surface area contributed by atoms with E-state index in [2.05, 4.69) is 42.5 Å². The van der Waals surface area contributed by atoms with Crippen LogP contribution in [0.25, 0.3) is 10.9 Å². The Morgan fingerprint density at radius 3 is 2.82 bits per heavy atom. The van der Waals surface area contributed by atoms with Crippen LogP contribution in [0.2, 0.25) is 0 Å². The third-order valence-corrected chi connectivity index (χ3v) is 6.01. The molecule has 0 saturated carbocycles. The molecule has 1 unspecified atom stereocenters. The summed E-state index contributed by atoms with van der Waals surface area (Å²) in [5.41, 5.74) is 4.19. The molecule has 2 aliphatic rings. The van der Waals surface area contributed by atoms with Gasteiger partial charge in [0.1, 0.15) is 0 Å². The third-order valence-electron chi connectivity index (χ3n) is 6.01. The van der Waals surface area contributed by atoms with Gasteiger partial charge in [0.25, 0.3) is 5.91 Å². The number of likely N-dealkylation sites (tertiary alicyclic amines) is 1. The van der Waals surface area contributed by atoms with Crippen LogP contribution in [0.1, 0.15) is 55.1 Å². The lowest BCUT2D eigenvalue weighted by atomic mass is 9.92. The summed E-state index contributed by atoms with van der Waals surface area (Å²) in [5, 5.41) is 10.9. The van der Waals surface area contributed by atoms with Crippen molar-refractivity contribution >= 4 is 28.7 Å². The van der Waals surface area contributed by atoms with Crippen molar-refractivity contribution in [2.75, 3.05) is 18.4 Å². The normalized spacial score (nSPS) is 18.1. The van der Waals surface area contributed by atoms with E-state index in [4.69, 9.17) is 4.74 Å². The number of aromatic amines is 1. The molecule has 0 bridgehead atoms. The van der Waals surface area contributed by atoms with Crippen molar-refractivity contribution in [1.29, 1.82) is 0 Å². The van der Waals surface area contributed by atoms with Crippen molar-refractivity contribution < 1.29 is 9.53 Å². The van der Waals surface area contributed by atoms with Crippen LogP contribution < -0.4 is 10.1 Å². The molecule has 2 aromatic heterocycles. The molecular formula is C25H28N6O2. The second-order valence-electron chi connectivity index (χ2n) is 8.81. The van der Waals surface area contributed by atoms with Gasteiger partial charge in [-0.1, -0.05) is 6.07 Å². The van der Waals surface area contributed by atoms with Crippen LogP contribution in [0, 0.1) is 0 Å². The number of H-pyrrole nitrogens is 1. The van der Waals surface area contributed by atoms with E-state index < -0.39 is 0 Å². The minimum absolute atomic E-state index is 0.0405. The molecule has 2 aliphatic heterocycles. The molecule has 0 aliphatic carbocycles. The first-order valence-electron chi connectivity index (χ1n) is 11.5. The number of hydrogen-bond donors (Lipinski definition) is 2. The topological polar surface area (TPSA) is 95.5 Å². The van der Waals surface area contributed by atoms with Crippen LogP contribution in [0.4, 0.5) is 5.69 Å². The highest BCUT2D eigenvalue weighted by Gasteiger charge is 2.23. The number of nitrogens with zero attached hydrogens (tertiary/aromatic N) is 4. The summed E-state index contributed by atoms with van der Waals surface area (Å²) in [6.07, 6.45) is 9.02. The predicted molar refractivity (Wildman–Crippen MR) is 129 cm³/mol. The van der Waals surface area contributed by atoms with E-state index >= 15 is 0 Å². The molecule has 1 atom stereocenters. The molecule has 1 amide bonds. The fourth-order valence-electron chi connectivity index (χ4n) is 4.37. The molecule has 33 heavy (non-hydrogen) atoms. The maximum absolute atomic E-state index is 13.0. The maximum atomic E-state index is 13.0. The number of carbonyl (C=O) groups excluding carboxylic acids is 1. The minimum atomic E-state index is -0.285. The van der Waals surface area contributed by atoms with E-state index in [-0.39, 0.29) is 17.9 Å². The second-order valence-corrected chi connectivity index (χ2v) is 8.81. The Bertz CT molecular complexity index is 1210. The summed E-state index contributed by atoms with van der Waals surface area (Å²) in [6, 6.07) is 9.63. The van der Waals surface area contributed by atoms with E-state index in [9.17, 15) is 4.79 Å². The van der Waals surface area contributed by atoms with Crippen molar-refractivity contribution in [3.63, 3.8) is 0 Å². The molecule has 3 aromatic rings. The predicted octanol–water partition coefficient (Wildman–Crippen LogP) is 4.49. The van der Waals surface area contributed by atoms with Gasteiger partial charge in [-0.25, -0.2) is 4.98 Å². The van der Waals surface area contributed by atoms with E-state index in [1.807, 2.05) is 32.3 Å². The number of carbonyl (C=O) groups is 1. The minimum Gasteiger partial charge on any atom is -0.475 e. The first-order valence-corrected chi connectivity index (χ1v) is 11.5. The van der Waals surface area contributed by atoms with E-state index in [0.29, 0.717) is 17.3 Å². The van der Waals surface area contributed by atoms with Gasteiger partial charge >= 0.3 is 0 Å². The van der Waals surface area contributed by atoms with Crippen molar-refractivity contribution in [3.8, 4) is 5.88 Å². The van der Waals surface area contributed by atoms with Gasteiger partial charge in [-0.3, -0.25) is 14.9 Å². The second kappa shape index (κ2) is 9.05. The summed E-state index contributed by atoms with van der Waals surface area (Å²) < 4.78 is 5.56. The number of nitrogens with one attached hydrogen (secondary N) is 2. The number of aromatic nitrogens is 3. The summed E-state index contributed by atoms with van der Waals surface area (Å²) in [4.78, 5) is 24.2. The van der Waals surface area contributed by atoms with Crippen molar-refractivity contribution in [3.05, 3.63) is 59.7 Å². The summed E-state index contributed by atoms with van der Waals surface area (Å²) in [7, 11) is 0. The zero-order chi connectivity index (χ0) is 22.8. The molecule has 8 heteroatoms. The Kier molecular flexibility index (Phi) is 5.81. The van der Waals surface area contributed by atoms with E-state index in [0.717, 1.165) is 36.0 Å². The van der Waals surface area contributed by atoms with Gasteiger partial charge in [-0.05, 0) is 50.5 Å². The van der Waals surface area contributed by atoms with Crippen LogP contribution in [0.3, 0.4) is 0 Å². The SMILES string of the molecule is CC(C)Oc1ccc(NC(=O)c2n[nH]c3ccc(C4C=NC=C(N5CCCC5)C4)cc23)cn1. The Morgan fingerprint density at radius 1 is 1.21 bits per heavy atom. The molecule has 1 aromatic carbocycles. The van der Waals surface area contributed by atoms with Crippen molar-refractivity contribution in [2.45, 2.75) is 45.1 Å². The zero-order valence-electron chi connectivity index (χ0n) is 18.9. The summed E-state index contributed by atoms with van der Waals surface area (Å²) in [5.74, 6) is 0.417. The first-order chi connectivity index (χ1) is 16.1. The molecule has 170 valence electrons. The van der Waals surface area contributed by atoms with Crippen LogP contribution in [0.5, 0.6) is 5.88 Å². The number of fused-ring (bicyclic) bond motifs is 1. The van der Waals surface area contributed by atoms with Gasteiger partial charge in [0.15, 0.2) is 5.69 Å². The Morgan fingerprint density at radius 2 is 2.06 bits per heavy atom. The van der Waals surface area contributed by atoms with Crippen LogP contribution in [-0.4, -0.2) is 51.4 Å². The molecule has 1 saturated heterocycles. The van der Waals surface area contributed by atoms with Crippen LogP contribution >= 0.6 is 0 Å². The highest BCUT2D eigenvalue weighted by molar-refractivity contribution is 6.11. The average Bonchev–Trinajstić information content (AvgIpc) is 3.50. The molecule has 0 radical (unpaired) electrons. The number of benzene rings is 1. The van der Waals surface area contributed by atoms with Crippen LogP contribution in [0.15, 0.2) is 53.4 Å². The quantitative estimate of drug-likeness (QED) is 0.584. The largest absolute Gasteiger partial charge is 0.475 e. The number of amides is 1. The molecule has 1 fully saturated rings. The monoisotopic (exact) mass is 444 g/mol. The van der Waals surface area contributed by atoms with Crippen molar-refractivity contribution in [1.82, 2.24) is 20.1 Å². The van der Waals surface area contributed by atoms with Gasteiger partial charge in [0, 0.05) is 55.0 Å². The number of ether oxygens (including phenoxy) is 1. The van der Waals surface area contributed by atoms with Gasteiger partial charge < -0.3 is 15.0 Å². The fraction of sp³-hybridized carbons (Fsp3) is 0.360. The Balaban J connectivity index is 1.33. The standard InChI is InChI=1S/C25H28N6O2/c1-16(2)33-23-8-6-19(14-27-23)28-25(32)24-21-12-17(5-7-22(21)29-30-24)18-11-20(15-26-13-18)31-9-3-4-10-31/h5-8,12-16,18H,3-4,9-11H2,1-2H3,(H,28,32)(H,29,30). The van der Waals surface area contributed by atoms with Gasteiger partial charge in [-0.2, -0.15) is 5.10 Å². The summed E-state index contributed by atoms with van der Waals surface area (Å²) >= 11 is 0. The van der Waals surface area contributed by atoms with Gasteiger partial charge in [-0.15, -0.1) is 0 Å². The molecule has 2 N–H and O–H groups in total. The number of aliphatic imine (C=N–C) groups is 1. The lowest BCUT2D eigenvalue weighted by molar-refractivity contribution is 0.102. The van der Waals surface area contributed by atoms with Crippen LogP contribution in [-0.2, 0) is 0 Å². The number of pyridine rings is 1. The molecule has 5 rings (SSSR count). The zero-order valence-corrected chi connectivity index (χ0v) is 18.9. The fourth-order valence-corrected chi connectivity index (χ4v) is 4.37. The lowest BCUT2D eigenvalue weighted by Gasteiger charge is -2.26. The lowest BCUT2D eigenvalue weighted by Crippen LogP contribution is -2.22. The number of allylic oxidation sites excluding steroid dienone is 1. The highest BCUT2D eigenvalue weighted by atomic mass is 16.5. The first kappa shape index (κ1) is 21.2. The van der Waals surface area contributed by atoms with Gasteiger partial charge in [0.05, 0.1) is 23.5 Å². The number of anilines is 1. The Hall–Kier alpha value is -3.68. The third kappa shape index (κ3) is 4.60. The molecule has 0 spiro atoms. The molecule has 8 nitrogen and oxygen atoms in total. The van der Waals surface area contributed by atoms with Crippen molar-refractivity contribution in [2.24, 2.45) is 4.99 Å². The van der Waals surface area contributed by atoms with Gasteiger partial charge in [0.2, 0.25) is 5.88 Å². The summed E-state index contributed by atoms with van der Waals surface area (Å²) in [6.45, 7) is 6.10. The van der Waals surface area contributed by atoms with E-state index in [1.165, 1.54) is 18.5 Å². The highest BCUT2D eigenvalue weighted by Crippen LogP contribution is 2.31.